The van der Waals surface area contributed by atoms with E-state index in [0.29, 0.717) is 19.0 Å². The third kappa shape index (κ3) is 4.21. The molecule has 0 saturated heterocycles. The molecule has 0 aliphatic rings. The van der Waals surface area contributed by atoms with Gasteiger partial charge in [0.1, 0.15) is 5.76 Å². The second-order valence-electron chi connectivity index (χ2n) is 5.99. The van der Waals surface area contributed by atoms with Crippen molar-refractivity contribution in [1.82, 2.24) is 4.90 Å². The maximum Gasteiger partial charge on any atom is 0.238 e. The number of nitrogens with zero attached hydrogens (tertiary/aromatic N) is 1. The lowest BCUT2D eigenvalue weighted by Gasteiger charge is -2.19. The molecule has 0 atom stereocenters. The number of aryl methyl sites for hydroxylation is 1. The summed E-state index contributed by atoms with van der Waals surface area (Å²) in [5.74, 6) is 1.22. The first-order valence-corrected chi connectivity index (χ1v) is 7.57. The van der Waals surface area contributed by atoms with Crippen LogP contribution in [0, 0.1) is 6.92 Å². The highest BCUT2D eigenvalue weighted by atomic mass is 16.3. The fourth-order valence-corrected chi connectivity index (χ4v) is 2.49. The number of hydrogen-bond acceptors (Lipinski definition) is 3. The van der Waals surface area contributed by atoms with E-state index in [-0.39, 0.29) is 5.91 Å². The molecule has 4 heteroatoms. The van der Waals surface area contributed by atoms with Gasteiger partial charge in [-0.25, -0.2) is 0 Å². The van der Waals surface area contributed by atoms with Crippen molar-refractivity contribution in [2.24, 2.45) is 0 Å². The summed E-state index contributed by atoms with van der Waals surface area (Å²) in [6.07, 6.45) is 1.64. The van der Waals surface area contributed by atoms with Crippen molar-refractivity contribution in [2.75, 3.05) is 18.9 Å². The lowest BCUT2D eigenvalue weighted by atomic mass is 9.98. The predicted octanol–water partition coefficient (Wildman–Crippen LogP) is 3.78. The van der Waals surface area contributed by atoms with Crippen molar-refractivity contribution in [3.8, 4) is 0 Å². The number of anilines is 1. The van der Waals surface area contributed by atoms with Gasteiger partial charge in [-0.3, -0.25) is 9.69 Å². The van der Waals surface area contributed by atoms with Crippen molar-refractivity contribution in [1.29, 1.82) is 0 Å². The molecule has 0 fully saturated rings. The molecule has 0 saturated carbocycles. The number of hydrogen-bond donors (Lipinski definition) is 1. The van der Waals surface area contributed by atoms with Crippen LogP contribution < -0.4 is 5.32 Å². The van der Waals surface area contributed by atoms with Gasteiger partial charge in [0.2, 0.25) is 5.91 Å². The molecule has 2 aromatic rings. The van der Waals surface area contributed by atoms with Gasteiger partial charge in [-0.05, 0) is 43.1 Å². The summed E-state index contributed by atoms with van der Waals surface area (Å²) in [5.41, 5.74) is 3.20. The third-order valence-corrected chi connectivity index (χ3v) is 3.61. The van der Waals surface area contributed by atoms with Crippen LogP contribution in [0.4, 0.5) is 5.69 Å². The fraction of sp³-hybridized carbons (Fsp3) is 0.389. The monoisotopic (exact) mass is 300 g/mol. The molecule has 1 heterocycles. The van der Waals surface area contributed by atoms with Crippen LogP contribution in [0.1, 0.15) is 36.7 Å². The molecule has 0 bridgehead atoms. The van der Waals surface area contributed by atoms with Crippen molar-refractivity contribution in [2.45, 2.75) is 33.2 Å². The molecule has 22 heavy (non-hydrogen) atoms. The van der Waals surface area contributed by atoms with Crippen LogP contribution in [0.5, 0.6) is 0 Å². The van der Waals surface area contributed by atoms with Gasteiger partial charge < -0.3 is 9.73 Å². The number of nitrogens with one attached hydrogen (secondary N) is 1. The van der Waals surface area contributed by atoms with Gasteiger partial charge in [0.15, 0.2) is 0 Å². The van der Waals surface area contributed by atoms with Gasteiger partial charge in [0.25, 0.3) is 0 Å². The lowest BCUT2D eigenvalue weighted by molar-refractivity contribution is -0.117. The summed E-state index contributed by atoms with van der Waals surface area (Å²) in [6, 6.07) is 9.88. The van der Waals surface area contributed by atoms with E-state index in [2.05, 4.69) is 25.2 Å². The second kappa shape index (κ2) is 7.27. The highest BCUT2D eigenvalue weighted by Crippen LogP contribution is 2.27. The van der Waals surface area contributed by atoms with Gasteiger partial charge in [-0.1, -0.05) is 32.0 Å². The summed E-state index contributed by atoms with van der Waals surface area (Å²) in [6.45, 7) is 7.23. The Labute approximate surface area is 132 Å². The van der Waals surface area contributed by atoms with Gasteiger partial charge in [0, 0.05) is 5.69 Å². The zero-order valence-corrected chi connectivity index (χ0v) is 13.7. The van der Waals surface area contributed by atoms with Gasteiger partial charge in [-0.2, -0.15) is 0 Å². The number of benzene rings is 1. The first-order valence-electron chi connectivity index (χ1n) is 7.57. The SMILES string of the molecule is Cc1cccc(C(C)C)c1NC(=O)CN(C)Cc1ccco1. The van der Waals surface area contributed by atoms with Crippen LogP contribution in [0.15, 0.2) is 41.0 Å². The van der Waals surface area contributed by atoms with E-state index in [9.17, 15) is 4.79 Å². The number of carbonyl (C=O) groups excluding carboxylic acids is 1. The molecule has 1 amide bonds. The quantitative estimate of drug-likeness (QED) is 0.883. The molecule has 0 spiro atoms. The molecule has 1 aromatic carbocycles. The molecular weight excluding hydrogens is 276 g/mol. The minimum absolute atomic E-state index is 0.00902. The van der Waals surface area contributed by atoms with Gasteiger partial charge >= 0.3 is 0 Å². The van der Waals surface area contributed by atoms with E-state index in [1.54, 1.807) is 6.26 Å². The van der Waals surface area contributed by atoms with Crippen molar-refractivity contribution < 1.29 is 9.21 Å². The Bertz CT molecular complexity index is 618. The number of likely N-dealkylation sites (N-methyl/N-ethyl adjacent to an activating group) is 1. The molecule has 1 N–H and O–H groups in total. The Morgan fingerprint density at radius 2 is 2.05 bits per heavy atom. The second-order valence-corrected chi connectivity index (χ2v) is 5.99. The van der Waals surface area contributed by atoms with E-state index in [1.807, 2.05) is 43.1 Å². The number of rotatable bonds is 6. The predicted molar refractivity (Wildman–Crippen MR) is 88.9 cm³/mol. The molecule has 0 radical (unpaired) electrons. The van der Waals surface area contributed by atoms with E-state index < -0.39 is 0 Å². The smallest absolute Gasteiger partial charge is 0.238 e. The van der Waals surface area contributed by atoms with Crippen LogP contribution in [-0.2, 0) is 11.3 Å². The van der Waals surface area contributed by atoms with Crippen LogP contribution >= 0.6 is 0 Å². The number of carbonyl (C=O) groups is 1. The summed E-state index contributed by atoms with van der Waals surface area (Å²) in [7, 11) is 1.91. The van der Waals surface area contributed by atoms with E-state index in [0.717, 1.165) is 17.0 Å². The topological polar surface area (TPSA) is 45.5 Å². The molecule has 0 aliphatic heterocycles. The number of amides is 1. The van der Waals surface area contributed by atoms with Crippen molar-refractivity contribution in [3.05, 3.63) is 53.5 Å². The molecule has 0 aliphatic carbocycles. The number of furan rings is 1. The molecular formula is C18H24N2O2. The summed E-state index contributed by atoms with van der Waals surface area (Å²) < 4.78 is 5.30. The number of para-hydroxylation sites is 1. The zero-order valence-electron chi connectivity index (χ0n) is 13.7. The molecule has 4 nitrogen and oxygen atoms in total. The first kappa shape index (κ1) is 16.3. The van der Waals surface area contributed by atoms with Crippen molar-refractivity contribution in [3.63, 3.8) is 0 Å². The van der Waals surface area contributed by atoms with Crippen molar-refractivity contribution >= 4 is 11.6 Å². The van der Waals surface area contributed by atoms with Crippen LogP contribution in [0.25, 0.3) is 0 Å². The van der Waals surface area contributed by atoms with Crippen LogP contribution in [0.3, 0.4) is 0 Å². The van der Waals surface area contributed by atoms with E-state index >= 15 is 0 Å². The Balaban J connectivity index is 2.00. The largest absolute Gasteiger partial charge is 0.468 e. The average molecular weight is 300 g/mol. The highest BCUT2D eigenvalue weighted by Gasteiger charge is 2.14. The highest BCUT2D eigenvalue weighted by molar-refractivity contribution is 5.93. The molecule has 2 rings (SSSR count). The summed E-state index contributed by atoms with van der Waals surface area (Å²) in [4.78, 5) is 14.2. The Hall–Kier alpha value is -2.07. The lowest BCUT2D eigenvalue weighted by Crippen LogP contribution is -2.30. The van der Waals surface area contributed by atoms with Crippen LogP contribution in [-0.4, -0.2) is 24.4 Å². The Morgan fingerprint density at radius 1 is 1.27 bits per heavy atom. The summed E-state index contributed by atoms with van der Waals surface area (Å²) >= 11 is 0. The summed E-state index contributed by atoms with van der Waals surface area (Å²) in [5, 5.41) is 3.06. The van der Waals surface area contributed by atoms with E-state index in [4.69, 9.17) is 4.42 Å². The standard InChI is InChI=1S/C18H24N2O2/c1-13(2)16-9-5-7-14(3)18(16)19-17(21)12-20(4)11-15-8-6-10-22-15/h5-10,13H,11-12H2,1-4H3,(H,19,21). The minimum Gasteiger partial charge on any atom is -0.468 e. The fourth-order valence-electron chi connectivity index (χ4n) is 2.49. The molecule has 1 aromatic heterocycles. The van der Waals surface area contributed by atoms with Crippen LogP contribution in [0.2, 0.25) is 0 Å². The maximum absolute atomic E-state index is 12.3. The maximum atomic E-state index is 12.3. The average Bonchev–Trinajstić information content (AvgIpc) is 2.93. The zero-order chi connectivity index (χ0) is 16.1. The molecule has 0 unspecified atom stereocenters. The molecule has 118 valence electrons. The van der Waals surface area contributed by atoms with E-state index in [1.165, 1.54) is 5.56 Å². The minimum atomic E-state index is -0.00902. The Morgan fingerprint density at radius 3 is 2.68 bits per heavy atom. The van der Waals surface area contributed by atoms with Gasteiger partial charge in [-0.15, -0.1) is 0 Å². The van der Waals surface area contributed by atoms with Gasteiger partial charge in [0.05, 0.1) is 19.4 Å². The Kier molecular flexibility index (Phi) is 5.39. The third-order valence-electron chi connectivity index (χ3n) is 3.61. The first-order chi connectivity index (χ1) is 10.5. The normalized spacial score (nSPS) is 11.2.